The summed E-state index contributed by atoms with van der Waals surface area (Å²) in [4.78, 5) is 14.4. The monoisotopic (exact) mass is 430 g/mol. The first kappa shape index (κ1) is 23.0. The van der Waals surface area contributed by atoms with Gasteiger partial charge >= 0.3 is 0 Å². The lowest BCUT2D eigenvalue weighted by molar-refractivity contribution is -0.137. The highest BCUT2D eigenvalue weighted by molar-refractivity contribution is 5.76. The third kappa shape index (κ3) is 7.52. The molecule has 7 heteroatoms. The first-order valence-corrected chi connectivity index (χ1v) is 10.9. The molecule has 6 nitrogen and oxygen atoms in total. The van der Waals surface area contributed by atoms with Crippen LogP contribution in [0.3, 0.4) is 0 Å². The minimum absolute atomic E-state index is 0.121. The van der Waals surface area contributed by atoms with E-state index in [9.17, 15) is 9.18 Å². The molecular weight excluding hydrogens is 399 g/mol. The topological polar surface area (TPSA) is 60.0 Å². The Hall–Kier alpha value is -2.64. The molecule has 0 aliphatic carbocycles. The summed E-state index contributed by atoms with van der Waals surface area (Å²) in [6.07, 6.45) is 3.55. The van der Waals surface area contributed by atoms with E-state index in [1.807, 2.05) is 36.1 Å². The zero-order valence-corrected chi connectivity index (χ0v) is 18.0. The largest absolute Gasteiger partial charge is 0.457 e. The van der Waals surface area contributed by atoms with E-state index >= 15 is 0 Å². The third-order valence-corrected chi connectivity index (χ3v) is 5.20. The van der Waals surface area contributed by atoms with Gasteiger partial charge in [-0.1, -0.05) is 0 Å². The van der Waals surface area contributed by atoms with Crippen LogP contribution in [-0.2, 0) is 14.3 Å². The Morgan fingerprint density at radius 1 is 1.06 bits per heavy atom. The highest BCUT2D eigenvalue weighted by Crippen LogP contribution is 2.23. The molecule has 1 aliphatic heterocycles. The second-order valence-corrected chi connectivity index (χ2v) is 7.46. The van der Waals surface area contributed by atoms with Crippen LogP contribution in [0.4, 0.5) is 10.1 Å². The summed E-state index contributed by atoms with van der Waals surface area (Å²) in [5.41, 5.74) is 0.903. The van der Waals surface area contributed by atoms with Crippen LogP contribution in [0.25, 0.3) is 0 Å². The summed E-state index contributed by atoms with van der Waals surface area (Å²) < 4.78 is 29.8. The van der Waals surface area contributed by atoms with Crippen molar-refractivity contribution in [1.82, 2.24) is 4.90 Å². The predicted molar refractivity (Wildman–Crippen MR) is 118 cm³/mol. The number of nitrogens with zero attached hydrogens (tertiary/aromatic N) is 1. The average Bonchev–Trinajstić information content (AvgIpc) is 2.80. The molecule has 0 unspecified atom stereocenters. The van der Waals surface area contributed by atoms with Gasteiger partial charge in [0.15, 0.2) is 0 Å². The fraction of sp³-hybridized carbons (Fsp3) is 0.458. The maximum atomic E-state index is 13.0. The van der Waals surface area contributed by atoms with Gasteiger partial charge in [0, 0.05) is 18.8 Å². The average molecular weight is 431 g/mol. The molecule has 0 saturated carbocycles. The van der Waals surface area contributed by atoms with E-state index in [1.165, 1.54) is 12.1 Å². The maximum Gasteiger partial charge on any atom is 0.225 e. The summed E-state index contributed by atoms with van der Waals surface area (Å²) in [6.45, 7) is 4.70. The number of rotatable bonds is 11. The van der Waals surface area contributed by atoms with Gasteiger partial charge in [-0.25, -0.2) is 4.39 Å². The fourth-order valence-electron chi connectivity index (χ4n) is 3.56. The number of hydrogen-bond acceptors (Lipinski definition) is 5. The molecule has 1 heterocycles. The first-order valence-electron chi connectivity index (χ1n) is 10.9. The molecule has 2 aromatic rings. The van der Waals surface area contributed by atoms with Gasteiger partial charge in [0.1, 0.15) is 24.0 Å². The second-order valence-electron chi connectivity index (χ2n) is 7.46. The van der Waals surface area contributed by atoms with Crippen molar-refractivity contribution in [3.63, 3.8) is 0 Å². The second kappa shape index (κ2) is 12.3. The van der Waals surface area contributed by atoms with Crippen LogP contribution < -0.4 is 10.1 Å². The van der Waals surface area contributed by atoms with Gasteiger partial charge < -0.3 is 24.4 Å². The number of nitrogens with one attached hydrogen (secondary N) is 1. The molecule has 2 aromatic carbocycles. The lowest BCUT2D eigenvalue weighted by Crippen LogP contribution is -2.46. The molecular formula is C24H31FN2O4. The summed E-state index contributed by atoms with van der Waals surface area (Å²) in [7, 11) is 0. The fourth-order valence-corrected chi connectivity index (χ4v) is 3.56. The van der Waals surface area contributed by atoms with Crippen LogP contribution in [0.5, 0.6) is 11.5 Å². The van der Waals surface area contributed by atoms with Gasteiger partial charge in [-0.15, -0.1) is 0 Å². The van der Waals surface area contributed by atoms with E-state index in [0.29, 0.717) is 44.5 Å². The molecule has 1 fully saturated rings. The first-order chi connectivity index (χ1) is 15.2. The van der Waals surface area contributed by atoms with Crippen molar-refractivity contribution in [2.75, 3.05) is 38.4 Å². The molecule has 1 atom stereocenters. The molecule has 0 radical (unpaired) electrons. The molecule has 0 spiro atoms. The number of carbonyl (C=O) groups is 1. The normalized spacial score (nSPS) is 16.2. The van der Waals surface area contributed by atoms with E-state index in [0.717, 1.165) is 31.5 Å². The Balaban J connectivity index is 1.40. The number of piperidine rings is 1. The molecule has 1 saturated heterocycles. The molecule has 1 amide bonds. The van der Waals surface area contributed by atoms with E-state index in [1.54, 1.807) is 12.1 Å². The molecule has 0 bridgehead atoms. The van der Waals surface area contributed by atoms with Crippen LogP contribution in [-0.4, -0.2) is 49.9 Å². The lowest BCUT2D eigenvalue weighted by atomic mass is 10.0. The van der Waals surface area contributed by atoms with Crippen LogP contribution in [0, 0.1) is 5.82 Å². The molecule has 168 valence electrons. The smallest absolute Gasteiger partial charge is 0.225 e. The van der Waals surface area contributed by atoms with E-state index in [4.69, 9.17) is 14.2 Å². The van der Waals surface area contributed by atoms with Gasteiger partial charge in [0.05, 0.1) is 25.7 Å². The standard InChI is InChI=1S/C24H31FN2O4/c1-2-29-16-14-24(28)27-15-4-3-5-21(27)17-30-18-26-20-8-12-23(13-9-20)31-22-10-6-19(25)7-11-22/h6-13,21,26H,2-5,14-18H2,1H3/t21-/m0/s1. The van der Waals surface area contributed by atoms with Crippen molar-refractivity contribution in [3.8, 4) is 11.5 Å². The van der Waals surface area contributed by atoms with Gasteiger partial charge in [0.25, 0.3) is 0 Å². The number of anilines is 1. The highest BCUT2D eigenvalue weighted by atomic mass is 19.1. The van der Waals surface area contributed by atoms with Gasteiger partial charge in [0.2, 0.25) is 5.91 Å². The Labute approximate surface area is 183 Å². The van der Waals surface area contributed by atoms with Gasteiger partial charge in [-0.3, -0.25) is 4.79 Å². The van der Waals surface area contributed by atoms with Crippen molar-refractivity contribution in [2.45, 2.75) is 38.6 Å². The molecule has 1 N–H and O–H groups in total. The van der Waals surface area contributed by atoms with Crippen molar-refractivity contribution < 1.29 is 23.4 Å². The Bertz CT molecular complexity index is 798. The number of carbonyl (C=O) groups excluding carboxylic acids is 1. The van der Waals surface area contributed by atoms with E-state index < -0.39 is 0 Å². The summed E-state index contributed by atoms with van der Waals surface area (Å²) in [6, 6.07) is 13.5. The number of amides is 1. The van der Waals surface area contributed by atoms with Crippen molar-refractivity contribution in [2.24, 2.45) is 0 Å². The maximum absolute atomic E-state index is 13.0. The number of hydrogen-bond donors (Lipinski definition) is 1. The Morgan fingerprint density at radius 2 is 1.77 bits per heavy atom. The van der Waals surface area contributed by atoms with Crippen LogP contribution in [0.1, 0.15) is 32.6 Å². The van der Waals surface area contributed by atoms with E-state index in [-0.39, 0.29) is 17.8 Å². The van der Waals surface area contributed by atoms with Gasteiger partial charge in [-0.2, -0.15) is 0 Å². The minimum Gasteiger partial charge on any atom is -0.457 e. The van der Waals surface area contributed by atoms with Crippen molar-refractivity contribution >= 4 is 11.6 Å². The lowest BCUT2D eigenvalue weighted by Gasteiger charge is -2.35. The van der Waals surface area contributed by atoms with Crippen LogP contribution >= 0.6 is 0 Å². The van der Waals surface area contributed by atoms with Crippen LogP contribution in [0.15, 0.2) is 48.5 Å². The summed E-state index contributed by atoms with van der Waals surface area (Å²) >= 11 is 0. The number of likely N-dealkylation sites (tertiary alicyclic amines) is 1. The molecule has 0 aromatic heterocycles. The predicted octanol–water partition coefficient (Wildman–Crippen LogP) is 4.81. The Kier molecular flexibility index (Phi) is 9.12. The molecule has 1 aliphatic rings. The number of halogens is 1. The zero-order valence-electron chi connectivity index (χ0n) is 18.0. The zero-order chi connectivity index (χ0) is 21.9. The number of ether oxygens (including phenoxy) is 3. The number of benzene rings is 2. The van der Waals surface area contributed by atoms with Crippen molar-refractivity contribution in [1.29, 1.82) is 0 Å². The third-order valence-electron chi connectivity index (χ3n) is 5.20. The van der Waals surface area contributed by atoms with E-state index in [2.05, 4.69) is 5.32 Å². The summed E-state index contributed by atoms with van der Waals surface area (Å²) in [5, 5.41) is 3.22. The van der Waals surface area contributed by atoms with Crippen molar-refractivity contribution in [3.05, 3.63) is 54.3 Å². The Morgan fingerprint density at radius 3 is 2.48 bits per heavy atom. The van der Waals surface area contributed by atoms with Gasteiger partial charge in [-0.05, 0) is 74.7 Å². The minimum atomic E-state index is -0.293. The molecule has 3 rings (SSSR count). The quantitative estimate of drug-likeness (QED) is 0.409. The van der Waals surface area contributed by atoms with Crippen LogP contribution in [0.2, 0.25) is 0 Å². The SMILES string of the molecule is CCOCCC(=O)N1CCCC[C@H]1COCNc1ccc(Oc2ccc(F)cc2)cc1. The highest BCUT2D eigenvalue weighted by Gasteiger charge is 2.26. The molecule has 31 heavy (non-hydrogen) atoms. The summed E-state index contributed by atoms with van der Waals surface area (Å²) in [5.74, 6) is 1.10.